The van der Waals surface area contributed by atoms with Crippen LogP contribution in [0.3, 0.4) is 0 Å². The van der Waals surface area contributed by atoms with Crippen molar-refractivity contribution >= 4 is 17.6 Å². The number of ether oxygens (including phenoxy) is 3. The molecule has 42 heavy (non-hydrogen) atoms. The minimum Gasteiger partial charge on any atom is -0.493 e. The molecule has 1 N–H and O–H groups in total. The van der Waals surface area contributed by atoms with Crippen molar-refractivity contribution in [2.24, 2.45) is 0 Å². The third kappa shape index (κ3) is 8.99. The number of anilines is 1. The van der Waals surface area contributed by atoms with Crippen LogP contribution in [0.1, 0.15) is 22.6 Å². The number of methoxy groups -OCH3 is 2. The van der Waals surface area contributed by atoms with Gasteiger partial charge in [-0.15, -0.1) is 0 Å². The van der Waals surface area contributed by atoms with Gasteiger partial charge in [0, 0.05) is 38.4 Å². The lowest BCUT2D eigenvalue weighted by Crippen LogP contribution is -2.48. The summed E-state index contributed by atoms with van der Waals surface area (Å²) in [6.45, 7) is 8.55. The Morgan fingerprint density at radius 3 is 2.31 bits per heavy atom. The number of benzene rings is 2. The summed E-state index contributed by atoms with van der Waals surface area (Å²) in [6.07, 6.45) is 0.592. The van der Waals surface area contributed by atoms with E-state index in [4.69, 9.17) is 18.6 Å². The molecular formula is C32H42N4O6. The molecule has 10 nitrogen and oxygen atoms in total. The molecule has 2 aromatic carbocycles. The van der Waals surface area contributed by atoms with Gasteiger partial charge in [-0.05, 0) is 62.2 Å². The Hall–Kier alpha value is -4.02. The number of rotatable bonds is 13. The van der Waals surface area contributed by atoms with Crippen molar-refractivity contribution < 1.29 is 28.2 Å². The number of hydrogen-bond donors (Lipinski definition) is 1. The van der Waals surface area contributed by atoms with Crippen LogP contribution in [-0.2, 0) is 22.5 Å². The number of hydrogen-bond acceptors (Lipinski definition) is 7. The summed E-state index contributed by atoms with van der Waals surface area (Å²) in [5.41, 5.74) is 2.79. The van der Waals surface area contributed by atoms with Crippen molar-refractivity contribution in [3.63, 3.8) is 0 Å². The fraction of sp³-hybridized carbons (Fsp3) is 0.438. The van der Waals surface area contributed by atoms with E-state index in [0.29, 0.717) is 68.8 Å². The molecule has 1 aliphatic rings. The summed E-state index contributed by atoms with van der Waals surface area (Å²) >= 11 is 0. The van der Waals surface area contributed by atoms with Crippen LogP contribution in [0.2, 0.25) is 0 Å². The summed E-state index contributed by atoms with van der Waals surface area (Å²) in [5.74, 6) is 2.59. The summed E-state index contributed by atoms with van der Waals surface area (Å²) in [6, 6.07) is 16.8. The molecule has 10 heteroatoms. The molecule has 0 spiro atoms. The molecule has 3 aromatic rings. The van der Waals surface area contributed by atoms with E-state index in [1.165, 1.54) is 0 Å². The molecule has 0 bridgehead atoms. The van der Waals surface area contributed by atoms with Gasteiger partial charge >= 0.3 is 6.03 Å². The van der Waals surface area contributed by atoms with Gasteiger partial charge < -0.3 is 33.7 Å². The molecule has 0 aliphatic carbocycles. The van der Waals surface area contributed by atoms with Crippen LogP contribution >= 0.6 is 0 Å². The Morgan fingerprint density at radius 2 is 1.64 bits per heavy atom. The second kappa shape index (κ2) is 15.3. The maximum atomic E-state index is 13.8. The van der Waals surface area contributed by atoms with Gasteiger partial charge in [0.15, 0.2) is 11.5 Å². The number of morpholine rings is 1. The first kappa shape index (κ1) is 30.9. The molecule has 2 heterocycles. The number of carbonyl (C=O) groups is 2. The van der Waals surface area contributed by atoms with Crippen LogP contribution in [-0.4, -0.2) is 93.3 Å². The Labute approximate surface area is 248 Å². The average Bonchev–Trinajstić information content (AvgIpc) is 3.42. The average molecular weight is 579 g/mol. The van der Waals surface area contributed by atoms with Gasteiger partial charge in [0.25, 0.3) is 0 Å². The Morgan fingerprint density at radius 1 is 0.905 bits per heavy atom. The molecule has 0 atom stereocenters. The van der Waals surface area contributed by atoms with E-state index in [0.717, 1.165) is 30.0 Å². The van der Waals surface area contributed by atoms with Crippen molar-refractivity contribution in [3.8, 4) is 11.5 Å². The number of aryl methyl sites for hydroxylation is 2. The number of nitrogens with one attached hydrogen (secondary N) is 1. The fourth-order valence-electron chi connectivity index (χ4n) is 4.79. The maximum absolute atomic E-state index is 13.8. The van der Waals surface area contributed by atoms with Crippen molar-refractivity contribution in [1.29, 1.82) is 0 Å². The normalized spacial score (nSPS) is 13.4. The van der Waals surface area contributed by atoms with E-state index < -0.39 is 0 Å². The molecule has 0 radical (unpaired) electrons. The highest BCUT2D eigenvalue weighted by molar-refractivity contribution is 5.92. The number of urea groups is 1. The third-order valence-corrected chi connectivity index (χ3v) is 7.32. The van der Waals surface area contributed by atoms with E-state index in [9.17, 15) is 9.59 Å². The van der Waals surface area contributed by atoms with E-state index in [1.54, 1.807) is 24.0 Å². The summed E-state index contributed by atoms with van der Waals surface area (Å²) < 4.78 is 22.1. The highest BCUT2D eigenvalue weighted by Gasteiger charge is 2.24. The molecule has 1 aliphatic heterocycles. The summed E-state index contributed by atoms with van der Waals surface area (Å²) in [7, 11) is 3.20. The molecule has 0 saturated carbocycles. The number of furan rings is 1. The lowest BCUT2D eigenvalue weighted by Gasteiger charge is -2.31. The zero-order valence-corrected chi connectivity index (χ0v) is 25.1. The lowest BCUT2D eigenvalue weighted by molar-refractivity contribution is -0.132. The minimum atomic E-state index is -0.311. The third-order valence-electron chi connectivity index (χ3n) is 7.32. The molecular weight excluding hydrogens is 536 g/mol. The second-order valence-corrected chi connectivity index (χ2v) is 10.4. The topological polar surface area (TPSA) is 96.7 Å². The van der Waals surface area contributed by atoms with Crippen LogP contribution in [0.4, 0.5) is 10.5 Å². The molecule has 1 saturated heterocycles. The number of nitrogens with zero attached hydrogens (tertiary/aromatic N) is 3. The van der Waals surface area contributed by atoms with E-state index >= 15 is 0 Å². The molecule has 4 rings (SSSR count). The van der Waals surface area contributed by atoms with Crippen molar-refractivity contribution in [2.45, 2.75) is 26.8 Å². The smallest absolute Gasteiger partial charge is 0.322 e. The van der Waals surface area contributed by atoms with E-state index in [1.807, 2.05) is 68.4 Å². The lowest BCUT2D eigenvalue weighted by atomic mass is 10.1. The van der Waals surface area contributed by atoms with Crippen molar-refractivity contribution in [2.75, 3.05) is 72.0 Å². The molecule has 3 amide bonds. The fourth-order valence-corrected chi connectivity index (χ4v) is 4.79. The van der Waals surface area contributed by atoms with Crippen LogP contribution in [0.25, 0.3) is 0 Å². The van der Waals surface area contributed by atoms with Gasteiger partial charge in [0.2, 0.25) is 5.91 Å². The molecule has 0 unspecified atom stereocenters. The Balaban J connectivity index is 1.49. The maximum Gasteiger partial charge on any atom is 0.322 e. The zero-order valence-electron chi connectivity index (χ0n) is 25.1. The van der Waals surface area contributed by atoms with Gasteiger partial charge in [-0.3, -0.25) is 9.69 Å². The Bertz CT molecular complexity index is 1300. The van der Waals surface area contributed by atoms with Crippen molar-refractivity contribution in [3.05, 3.63) is 77.2 Å². The monoisotopic (exact) mass is 578 g/mol. The van der Waals surface area contributed by atoms with Crippen LogP contribution in [0, 0.1) is 13.8 Å². The first-order chi connectivity index (χ1) is 20.3. The molecule has 1 fully saturated rings. The zero-order chi connectivity index (χ0) is 29.9. The van der Waals surface area contributed by atoms with Crippen LogP contribution in [0.5, 0.6) is 11.5 Å². The molecule has 1 aromatic heterocycles. The molecule has 226 valence electrons. The van der Waals surface area contributed by atoms with Crippen LogP contribution in [0.15, 0.2) is 59.0 Å². The van der Waals surface area contributed by atoms with Gasteiger partial charge in [0.05, 0.1) is 34.0 Å². The van der Waals surface area contributed by atoms with Gasteiger partial charge in [-0.2, -0.15) is 0 Å². The predicted molar refractivity (Wildman–Crippen MR) is 161 cm³/mol. The van der Waals surface area contributed by atoms with Gasteiger partial charge in [-0.25, -0.2) is 4.79 Å². The van der Waals surface area contributed by atoms with E-state index in [2.05, 4.69) is 10.2 Å². The quantitative estimate of drug-likeness (QED) is 0.322. The Kier molecular flexibility index (Phi) is 11.2. The number of carbonyl (C=O) groups excluding carboxylic acids is 2. The first-order valence-corrected chi connectivity index (χ1v) is 14.3. The predicted octanol–water partition coefficient (Wildman–Crippen LogP) is 4.35. The number of amides is 3. The highest BCUT2D eigenvalue weighted by Crippen LogP contribution is 2.28. The van der Waals surface area contributed by atoms with Crippen molar-refractivity contribution in [1.82, 2.24) is 14.7 Å². The summed E-state index contributed by atoms with van der Waals surface area (Å²) in [5, 5.41) is 2.96. The van der Waals surface area contributed by atoms with E-state index in [-0.39, 0.29) is 18.5 Å². The summed E-state index contributed by atoms with van der Waals surface area (Å²) in [4.78, 5) is 32.9. The standard InChI is InChI=1S/C32H42N4O6/c1-24-5-9-27(10-6-24)33-32(38)36(16-15-34-17-19-41-20-18-34)23-31(37)35(22-28-11-7-25(2)42-28)14-13-26-8-12-29(39-3)30(21-26)40-4/h5-12,21H,13-20,22-23H2,1-4H3,(H,33,38). The SMILES string of the molecule is COc1ccc(CCN(Cc2ccc(C)o2)C(=O)CN(CCN2CCOCC2)C(=O)Nc2ccc(C)cc2)cc1OC. The van der Waals surface area contributed by atoms with Gasteiger partial charge in [0.1, 0.15) is 18.1 Å². The largest absolute Gasteiger partial charge is 0.493 e. The van der Waals surface area contributed by atoms with Gasteiger partial charge in [-0.1, -0.05) is 23.8 Å². The van der Waals surface area contributed by atoms with Crippen LogP contribution < -0.4 is 14.8 Å². The minimum absolute atomic E-state index is 0.0618. The highest BCUT2D eigenvalue weighted by atomic mass is 16.5. The first-order valence-electron chi connectivity index (χ1n) is 14.3. The second-order valence-electron chi connectivity index (χ2n) is 10.4.